The van der Waals surface area contributed by atoms with Crippen molar-refractivity contribution in [2.24, 2.45) is 0 Å². The molecule has 0 saturated carbocycles. The molecular formula is C12H7ClN4O. The lowest BCUT2D eigenvalue weighted by Crippen LogP contribution is -2.04. The quantitative estimate of drug-likeness (QED) is 0.521. The highest BCUT2D eigenvalue weighted by molar-refractivity contribution is 6.29. The Kier molecular flexibility index (Phi) is 2.53. The molecule has 3 rings (SSSR count). The number of rotatable bonds is 2. The number of halogens is 1. The van der Waals surface area contributed by atoms with Crippen LogP contribution in [0.4, 0.5) is 0 Å². The van der Waals surface area contributed by atoms with Crippen LogP contribution >= 0.6 is 11.6 Å². The fraction of sp³-hybridized carbons (Fsp3) is 0. The van der Waals surface area contributed by atoms with Crippen LogP contribution in [0.5, 0.6) is 0 Å². The molecule has 5 nitrogen and oxygen atoms in total. The lowest BCUT2D eigenvalue weighted by Gasteiger charge is -1.98. The molecule has 0 spiro atoms. The van der Waals surface area contributed by atoms with Gasteiger partial charge in [-0.05, 0) is 12.1 Å². The average molecular weight is 259 g/mol. The summed E-state index contributed by atoms with van der Waals surface area (Å²) in [6.45, 7) is 0. The van der Waals surface area contributed by atoms with Crippen molar-refractivity contribution in [2.45, 2.75) is 0 Å². The number of aromatic nitrogens is 4. The molecule has 0 amide bonds. The Hall–Kier alpha value is -2.27. The monoisotopic (exact) mass is 258 g/mol. The predicted octanol–water partition coefficient (Wildman–Crippen LogP) is 2.01. The number of carbonyl (C=O) groups excluding carboxylic acids is 1. The minimum atomic E-state index is -0.222. The van der Waals surface area contributed by atoms with E-state index in [0.29, 0.717) is 5.56 Å². The smallest absolute Gasteiger partial charge is 0.215 e. The second-order valence-corrected chi connectivity index (χ2v) is 4.03. The second kappa shape index (κ2) is 4.19. The zero-order chi connectivity index (χ0) is 12.5. The molecule has 88 valence electrons. The Balaban J connectivity index is 2.12. The highest BCUT2D eigenvalue weighted by atomic mass is 35.5. The van der Waals surface area contributed by atoms with Crippen molar-refractivity contribution in [2.75, 3.05) is 0 Å². The van der Waals surface area contributed by atoms with Gasteiger partial charge in [0, 0.05) is 12.3 Å². The van der Waals surface area contributed by atoms with E-state index in [-0.39, 0.29) is 16.6 Å². The van der Waals surface area contributed by atoms with E-state index in [0.717, 1.165) is 5.52 Å². The van der Waals surface area contributed by atoms with Crippen LogP contribution in [0.3, 0.4) is 0 Å². The summed E-state index contributed by atoms with van der Waals surface area (Å²) in [7, 11) is 0. The van der Waals surface area contributed by atoms with E-state index in [9.17, 15) is 4.79 Å². The summed E-state index contributed by atoms with van der Waals surface area (Å²) in [6, 6.07) is 6.95. The molecule has 6 heteroatoms. The molecule has 3 aromatic heterocycles. The molecule has 18 heavy (non-hydrogen) atoms. The highest BCUT2D eigenvalue weighted by Gasteiger charge is 2.16. The Labute approximate surface area is 107 Å². The third-order valence-electron chi connectivity index (χ3n) is 2.54. The van der Waals surface area contributed by atoms with Gasteiger partial charge in [0.1, 0.15) is 17.2 Å². The topological polar surface area (TPSA) is 60.2 Å². The largest absolute Gasteiger partial charge is 0.287 e. The first kappa shape index (κ1) is 10.9. The van der Waals surface area contributed by atoms with E-state index in [4.69, 9.17) is 11.6 Å². The summed E-state index contributed by atoms with van der Waals surface area (Å²) in [6.07, 6.45) is 4.56. The van der Waals surface area contributed by atoms with E-state index in [1.807, 2.05) is 18.2 Å². The van der Waals surface area contributed by atoms with Gasteiger partial charge in [0.05, 0.1) is 17.3 Å². The molecule has 0 N–H and O–H groups in total. The SMILES string of the molecule is O=C(c1cc(Cl)ncn1)c1cnn2ccccc12. The van der Waals surface area contributed by atoms with E-state index in [1.54, 1.807) is 10.7 Å². The van der Waals surface area contributed by atoms with Crippen LogP contribution in [0, 0.1) is 0 Å². The molecule has 0 aliphatic heterocycles. The molecule has 3 aromatic rings. The maximum atomic E-state index is 12.3. The van der Waals surface area contributed by atoms with Gasteiger partial charge in [-0.1, -0.05) is 17.7 Å². The predicted molar refractivity (Wildman–Crippen MR) is 65.7 cm³/mol. The van der Waals surface area contributed by atoms with Crippen LogP contribution in [0.2, 0.25) is 5.15 Å². The van der Waals surface area contributed by atoms with E-state index >= 15 is 0 Å². The van der Waals surface area contributed by atoms with E-state index in [1.165, 1.54) is 18.6 Å². The van der Waals surface area contributed by atoms with Gasteiger partial charge in [-0.15, -0.1) is 0 Å². The van der Waals surface area contributed by atoms with Gasteiger partial charge < -0.3 is 0 Å². The number of pyridine rings is 1. The van der Waals surface area contributed by atoms with Crippen molar-refractivity contribution in [3.05, 3.63) is 59.4 Å². The van der Waals surface area contributed by atoms with Crippen molar-refractivity contribution in [3.63, 3.8) is 0 Å². The standard InChI is InChI=1S/C12H7ClN4O/c13-11-5-9(14-7-15-11)12(18)8-6-16-17-4-2-1-3-10(8)17/h1-7H. The van der Waals surface area contributed by atoms with Gasteiger partial charge in [-0.25, -0.2) is 14.5 Å². The number of nitrogens with zero attached hydrogens (tertiary/aromatic N) is 4. The second-order valence-electron chi connectivity index (χ2n) is 3.64. The van der Waals surface area contributed by atoms with Gasteiger partial charge >= 0.3 is 0 Å². The third-order valence-corrected chi connectivity index (χ3v) is 2.74. The first-order valence-corrected chi connectivity index (χ1v) is 5.58. The summed E-state index contributed by atoms with van der Waals surface area (Å²) in [5.41, 5.74) is 1.48. The van der Waals surface area contributed by atoms with Crippen LogP contribution in [-0.2, 0) is 0 Å². The molecule has 3 heterocycles. The van der Waals surface area contributed by atoms with Crippen LogP contribution in [0.1, 0.15) is 16.1 Å². The normalized spacial score (nSPS) is 10.7. The van der Waals surface area contributed by atoms with Crippen LogP contribution in [0.25, 0.3) is 5.52 Å². The number of carbonyl (C=O) groups is 1. The number of hydrogen-bond donors (Lipinski definition) is 0. The average Bonchev–Trinajstić information content (AvgIpc) is 2.82. The minimum absolute atomic E-state index is 0.222. The molecule has 0 radical (unpaired) electrons. The van der Waals surface area contributed by atoms with Gasteiger partial charge in [0.2, 0.25) is 5.78 Å². The summed E-state index contributed by atoms with van der Waals surface area (Å²) in [5.74, 6) is -0.222. The van der Waals surface area contributed by atoms with Gasteiger partial charge in [0.25, 0.3) is 0 Å². The maximum absolute atomic E-state index is 12.3. The number of hydrogen-bond acceptors (Lipinski definition) is 4. The zero-order valence-electron chi connectivity index (χ0n) is 9.12. The summed E-state index contributed by atoms with van der Waals surface area (Å²) in [5, 5.41) is 4.35. The van der Waals surface area contributed by atoms with Crippen LogP contribution in [0.15, 0.2) is 43.0 Å². The van der Waals surface area contributed by atoms with Gasteiger partial charge in [0.15, 0.2) is 0 Å². The fourth-order valence-corrected chi connectivity index (χ4v) is 1.85. The Morgan fingerprint density at radius 1 is 1.28 bits per heavy atom. The zero-order valence-corrected chi connectivity index (χ0v) is 9.87. The summed E-state index contributed by atoms with van der Waals surface area (Å²) < 4.78 is 1.63. The molecule has 0 aromatic carbocycles. The number of ketones is 1. The first-order chi connectivity index (χ1) is 8.75. The molecule has 0 aliphatic carbocycles. The van der Waals surface area contributed by atoms with Crippen LogP contribution < -0.4 is 0 Å². The first-order valence-electron chi connectivity index (χ1n) is 5.20. The molecule has 0 atom stereocenters. The Bertz CT molecular complexity index is 738. The molecular weight excluding hydrogens is 252 g/mol. The Morgan fingerprint density at radius 3 is 3.00 bits per heavy atom. The maximum Gasteiger partial charge on any atom is 0.215 e. The summed E-state index contributed by atoms with van der Waals surface area (Å²) >= 11 is 5.74. The Morgan fingerprint density at radius 2 is 2.17 bits per heavy atom. The van der Waals surface area contributed by atoms with Crippen molar-refractivity contribution in [3.8, 4) is 0 Å². The van der Waals surface area contributed by atoms with Crippen molar-refractivity contribution < 1.29 is 4.79 Å². The van der Waals surface area contributed by atoms with E-state index < -0.39 is 0 Å². The van der Waals surface area contributed by atoms with Crippen molar-refractivity contribution >= 4 is 22.9 Å². The minimum Gasteiger partial charge on any atom is -0.287 e. The number of fused-ring (bicyclic) bond motifs is 1. The molecule has 0 saturated heterocycles. The summed E-state index contributed by atoms with van der Waals surface area (Å²) in [4.78, 5) is 19.9. The highest BCUT2D eigenvalue weighted by Crippen LogP contribution is 2.15. The van der Waals surface area contributed by atoms with Crippen molar-refractivity contribution in [1.82, 2.24) is 19.6 Å². The van der Waals surface area contributed by atoms with E-state index in [2.05, 4.69) is 15.1 Å². The van der Waals surface area contributed by atoms with Crippen molar-refractivity contribution in [1.29, 1.82) is 0 Å². The molecule has 0 unspecified atom stereocenters. The lowest BCUT2D eigenvalue weighted by atomic mass is 10.1. The molecule has 0 aliphatic rings. The lowest BCUT2D eigenvalue weighted by molar-refractivity contribution is 0.103. The third kappa shape index (κ3) is 1.74. The van der Waals surface area contributed by atoms with Gasteiger partial charge in [-0.2, -0.15) is 5.10 Å². The van der Waals surface area contributed by atoms with Crippen LogP contribution in [-0.4, -0.2) is 25.4 Å². The van der Waals surface area contributed by atoms with Gasteiger partial charge in [-0.3, -0.25) is 4.79 Å². The molecule has 0 bridgehead atoms. The molecule has 0 fully saturated rings. The fourth-order valence-electron chi connectivity index (χ4n) is 1.71.